The van der Waals surface area contributed by atoms with Gasteiger partial charge in [-0.1, -0.05) is 56.9 Å². The Hall–Kier alpha value is -2.51. The molecule has 0 amide bonds. The highest BCUT2D eigenvalue weighted by Crippen LogP contribution is 2.38. The van der Waals surface area contributed by atoms with Crippen LogP contribution in [0.3, 0.4) is 0 Å². The summed E-state index contributed by atoms with van der Waals surface area (Å²) in [5.74, 6) is -2.38. The first kappa shape index (κ1) is 29.1. The Labute approximate surface area is 213 Å². The predicted octanol–water partition coefficient (Wildman–Crippen LogP) is 10.00. The van der Waals surface area contributed by atoms with Gasteiger partial charge in [0.05, 0.1) is 6.42 Å². The molecule has 0 radical (unpaired) electrons. The highest BCUT2D eigenvalue weighted by atomic mass is 19.4. The van der Waals surface area contributed by atoms with Crippen molar-refractivity contribution in [2.24, 2.45) is 5.92 Å². The van der Waals surface area contributed by atoms with Gasteiger partial charge in [0.2, 0.25) is 0 Å². The Morgan fingerprint density at radius 2 is 1.51 bits per heavy atom. The lowest BCUT2D eigenvalue weighted by Crippen LogP contribution is -2.25. The summed E-state index contributed by atoms with van der Waals surface area (Å²) in [6.45, 7) is 2.21. The highest BCUT2D eigenvalue weighted by Gasteiger charge is 2.32. The quantitative estimate of drug-likeness (QED) is 0.207. The van der Waals surface area contributed by atoms with Crippen molar-refractivity contribution in [1.29, 1.82) is 0 Å². The van der Waals surface area contributed by atoms with Gasteiger partial charge in [-0.2, -0.15) is 22.0 Å². The number of ether oxygens (including phenoxy) is 1. The molecule has 0 spiro atoms. The van der Waals surface area contributed by atoms with E-state index in [0.29, 0.717) is 23.6 Å². The second kappa shape index (κ2) is 12.8. The molecular weight excluding hydrogens is 497 g/mol. The number of aryl methyl sites for hydroxylation is 1. The van der Waals surface area contributed by atoms with Crippen LogP contribution < -0.4 is 4.74 Å². The van der Waals surface area contributed by atoms with Gasteiger partial charge in [-0.05, 0) is 61.1 Å². The van der Waals surface area contributed by atoms with Gasteiger partial charge in [0.15, 0.2) is 0 Å². The lowest BCUT2D eigenvalue weighted by atomic mass is 9.77. The smallest absolute Gasteiger partial charge is 0.409 e. The molecule has 8 heteroatoms. The minimum Gasteiger partial charge on any atom is -0.432 e. The largest absolute Gasteiger partial charge is 0.432 e. The van der Waals surface area contributed by atoms with Gasteiger partial charge in [0.1, 0.15) is 17.4 Å². The Morgan fingerprint density at radius 3 is 2.08 bits per heavy atom. The Balaban J connectivity index is 1.52. The number of benzene rings is 2. The summed E-state index contributed by atoms with van der Waals surface area (Å²) in [4.78, 5) is 0. The Bertz CT molecular complexity index is 997. The molecule has 1 aliphatic rings. The zero-order valence-electron chi connectivity index (χ0n) is 20.9. The van der Waals surface area contributed by atoms with E-state index in [0.717, 1.165) is 18.8 Å². The molecule has 0 unspecified atom stereocenters. The molecule has 1 saturated carbocycles. The van der Waals surface area contributed by atoms with Gasteiger partial charge in [0.25, 0.3) is 0 Å². The number of hydrogen-bond donors (Lipinski definition) is 0. The van der Waals surface area contributed by atoms with Crippen molar-refractivity contribution in [2.75, 3.05) is 0 Å². The molecule has 0 bridgehead atoms. The Kier molecular flexibility index (Phi) is 10.1. The van der Waals surface area contributed by atoms with Crippen LogP contribution in [0.5, 0.6) is 5.75 Å². The summed E-state index contributed by atoms with van der Waals surface area (Å²) in [5.41, 5.74) is 0.910. The second-order valence-electron chi connectivity index (χ2n) is 9.87. The molecule has 37 heavy (non-hydrogen) atoms. The number of allylic oxidation sites excluding steroid dienone is 1. The zero-order valence-corrected chi connectivity index (χ0v) is 20.9. The summed E-state index contributed by atoms with van der Waals surface area (Å²) >= 11 is 0. The van der Waals surface area contributed by atoms with Crippen LogP contribution in [0.2, 0.25) is 0 Å². The molecule has 0 heterocycles. The van der Waals surface area contributed by atoms with Gasteiger partial charge >= 0.3 is 12.3 Å². The van der Waals surface area contributed by atoms with Crippen molar-refractivity contribution < 1.29 is 35.5 Å². The number of alkyl halides is 5. The number of halogens is 7. The van der Waals surface area contributed by atoms with Gasteiger partial charge in [0, 0.05) is 23.8 Å². The SMILES string of the molecule is CCCCCC1CCC(c2ccc(CCC(F)(F)Oc3cc(F)c(/C=C/C(F)(F)F)c(F)c3)cc2)CC1. The summed E-state index contributed by atoms with van der Waals surface area (Å²) in [6, 6.07) is 8.49. The Morgan fingerprint density at radius 1 is 0.892 bits per heavy atom. The van der Waals surface area contributed by atoms with Gasteiger partial charge in [-0.25, -0.2) is 8.78 Å². The number of rotatable bonds is 11. The summed E-state index contributed by atoms with van der Waals surface area (Å²) in [7, 11) is 0. The molecule has 3 rings (SSSR count). The van der Waals surface area contributed by atoms with E-state index < -0.39 is 41.7 Å². The monoisotopic (exact) mass is 530 g/mol. The third-order valence-corrected chi connectivity index (χ3v) is 6.98. The van der Waals surface area contributed by atoms with Gasteiger partial charge < -0.3 is 4.74 Å². The molecule has 1 fully saturated rings. The fourth-order valence-electron chi connectivity index (χ4n) is 4.89. The maximum absolute atomic E-state index is 14.4. The molecule has 0 saturated heterocycles. The minimum atomic E-state index is -4.77. The van der Waals surface area contributed by atoms with Crippen molar-refractivity contribution in [1.82, 2.24) is 0 Å². The molecule has 2 aromatic rings. The fourth-order valence-corrected chi connectivity index (χ4v) is 4.89. The highest BCUT2D eigenvalue weighted by molar-refractivity contribution is 5.53. The summed E-state index contributed by atoms with van der Waals surface area (Å²) in [5, 5.41) is 0. The van der Waals surface area contributed by atoms with E-state index in [1.54, 1.807) is 0 Å². The van der Waals surface area contributed by atoms with E-state index in [4.69, 9.17) is 0 Å². The summed E-state index contributed by atoms with van der Waals surface area (Å²) < 4.78 is 98.0. The first-order valence-corrected chi connectivity index (χ1v) is 12.9. The van der Waals surface area contributed by atoms with Crippen molar-refractivity contribution in [2.45, 2.75) is 89.3 Å². The van der Waals surface area contributed by atoms with Crippen LogP contribution in [-0.4, -0.2) is 12.3 Å². The average Bonchev–Trinajstić information content (AvgIpc) is 2.82. The third kappa shape index (κ3) is 9.38. The first-order chi connectivity index (χ1) is 17.5. The molecule has 0 N–H and O–H groups in total. The lowest BCUT2D eigenvalue weighted by molar-refractivity contribution is -0.180. The van der Waals surface area contributed by atoms with E-state index in [2.05, 4.69) is 11.7 Å². The maximum atomic E-state index is 14.4. The predicted molar refractivity (Wildman–Crippen MR) is 131 cm³/mol. The molecular formula is C29H33F7O. The van der Waals surface area contributed by atoms with Crippen molar-refractivity contribution in [3.05, 3.63) is 70.8 Å². The zero-order chi connectivity index (χ0) is 27.1. The van der Waals surface area contributed by atoms with Crippen molar-refractivity contribution in [3.63, 3.8) is 0 Å². The number of unbranched alkanes of at least 4 members (excludes halogenated alkanes) is 2. The van der Waals surface area contributed by atoms with Crippen LogP contribution in [-0.2, 0) is 6.42 Å². The van der Waals surface area contributed by atoms with E-state index in [1.807, 2.05) is 24.3 Å². The molecule has 0 atom stereocenters. The molecule has 2 aromatic carbocycles. The van der Waals surface area contributed by atoms with Crippen molar-refractivity contribution in [3.8, 4) is 5.75 Å². The van der Waals surface area contributed by atoms with Crippen molar-refractivity contribution >= 4 is 6.08 Å². The topological polar surface area (TPSA) is 9.23 Å². The second-order valence-corrected chi connectivity index (χ2v) is 9.87. The summed E-state index contributed by atoms with van der Waals surface area (Å²) in [6.07, 6.45) is 0.458. The molecule has 1 aliphatic carbocycles. The maximum Gasteiger partial charge on any atom is 0.409 e. The number of hydrogen-bond acceptors (Lipinski definition) is 1. The van der Waals surface area contributed by atoms with Crippen LogP contribution in [0.25, 0.3) is 6.08 Å². The molecule has 0 aromatic heterocycles. The van der Waals surface area contributed by atoms with Crippen LogP contribution in [0, 0.1) is 17.6 Å². The van der Waals surface area contributed by atoms with Crippen LogP contribution in [0.4, 0.5) is 30.7 Å². The van der Waals surface area contributed by atoms with Crippen LogP contribution in [0.1, 0.15) is 87.3 Å². The van der Waals surface area contributed by atoms with E-state index in [9.17, 15) is 30.7 Å². The van der Waals surface area contributed by atoms with E-state index in [1.165, 1.54) is 44.1 Å². The fraction of sp³-hybridized carbons (Fsp3) is 0.517. The third-order valence-electron chi connectivity index (χ3n) is 6.98. The van der Waals surface area contributed by atoms with Gasteiger partial charge in [-0.3, -0.25) is 0 Å². The minimum absolute atomic E-state index is 0.0190. The average molecular weight is 531 g/mol. The molecule has 0 aliphatic heterocycles. The van der Waals surface area contributed by atoms with Crippen LogP contribution in [0.15, 0.2) is 42.5 Å². The first-order valence-electron chi connectivity index (χ1n) is 12.9. The van der Waals surface area contributed by atoms with E-state index in [-0.39, 0.29) is 18.6 Å². The van der Waals surface area contributed by atoms with Gasteiger partial charge in [-0.15, -0.1) is 0 Å². The molecule has 1 nitrogen and oxygen atoms in total. The standard InChI is InChI=1S/C29H33F7O/c1-2-3-4-5-20-6-10-22(11-7-20)23-12-8-21(9-13-23)14-17-29(35,36)37-24-18-26(30)25(27(31)19-24)15-16-28(32,33)34/h8-9,12-13,15-16,18-20,22H,2-7,10-11,14,17H2,1H3/b16-15+. The molecule has 204 valence electrons. The lowest BCUT2D eigenvalue weighted by Gasteiger charge is -2.29. The van der Waals surface area contributed by atoms with E-state index >= 15 is 0 Å². The van der Waals surface area contributed by atoms with Crippen LogP contribution >= 0.6 is 0 Å². The normalized spacial score (nSPS) is 18.9.